The summed E-state index contributed by atoms with van der Waals surface area (Å²) in [4.78, 5) is 21.2. The molecule has 0 aliphatic heterocycles. The van der Waals surface area contributed by atoms with E-state index in [1.165, 1.54) is 20.1 Å². The third-order valence-corrected chi connectivity index (χ3v) is 1.41. The van der Waals surface area contributed by atoms with E-state index < -0.39 is 18.0 Å². The summed E-state index contributed by atoms with van der Waals surface area (Å²) in [5.74, 6) is -1.87. The van der Waals surface area contributed by atoms with Crippen LogP contribution in [0.1, 0.15) is 6.92 Å². The number of allylic oxidation sites excluding steroid dienone is 1. The molecule has 0 spiro atoms. The Morgan fingerprint density at radius 1 is 1.53 bits per heavy atom. The van der Waals surface area contributed by atoms with Crippen LogP contribution in [0.2, 0.25) is 0 Å². The zero-order valence-corrected chi connectivity index (χ0v) is 12.2. The third-order valence-electron chi connectivity index (χ3n) is 1.41. The number of carboxylic acids is 1. The summed E-state index contributed by atoms with van der Waals surface area (Å²) in [5, 5.41) is 12.9. The standard InChI is InChI=1S/C9H13NO4.K/c1-4-7(9(12)13)10-6(2)5-8(11)14-3;/h4-5,7,10H,1H2,2-3H3,(H,12,13);/q;+1/p-1/t7-;/m1./s1. The van der Waals surface area contributed by atoms with Crippen molar-refractivity contribution >= 4 is 11.9 Å². The van der Waals surface area contributed by atoms with Crippen LogP contribution in [0.3, 0.4) is 0 Å². The SMILES string of the molecule is C=C[C@@H](NC(C)=CC(=O)OC)C(=O)[O-].[K+]. The minimum Gasteiger partial charge on any atom is -0.548 e. The fraction of sp³-hybridized carbons (Fsp3) is 0.333. The third kappa shape index (κ3) is 7.75. The van der Waals surface area contributed by atoms with E-state index in [4.69, 9.17) is 0 Å². The summed E-state index contributed by atoms with van der Waals surface area (Å²) in [6.45, 7) is 4.85. The van der Waals surface area contributed by atoms with Crippen LogP contribution in [-0.2, 0) is 14.3 Å². The van der Waals surface area contributed by atoms with Gasteiger partial charge in [0, 0.05) is 11.8 Å². The molecular weight excluding hydrogens is 225 g/mol. The van der Waals surface area contributed by atoms with Crippen LogP contribution in [0.15, 0.2) is 24.4 Å². The van der Waals surface area contributed by atoms with E-state index in [-0.39, 0.29) is 51.4 Å². The number of hydrogen-bond acceptors (Lipinski definition) is 5. The molecule has 1 N–H and O–H groups in total. The Morgan fingerprint density at radius 3 is 2.40 bits per heavy atom. The van der Waals surface area contributed by atoms with Crippen LogP contribution in [0.4, 0.5) is 0 Å². The topological polar surface area (TPSA) is 78.5 Å². The first kappa shape index (κ1) is 17.3. The van der Waals surface area contributed by atoms with Crippen molar-refractivity contribution in [2.75, 3.05) is 7.11 Å². The van der Waals surface area contributed by atoms with Gasteiger partial charge in [0.2, 0.25) is 0 Å². The monoisotopic (exact) mass is 237 g/mol. The number of carbonyl (C=O) groups excluding carboxylic acids is 2. The molecule has 6 heteroatoms. The van der Waals surface area contributed by atoms with Crippen molar-refractivity contribution in [2.45, 2.75) is 13.0 Å². The maximum atomic E-state index is 10.7. The molecule has 0 aromatic rings. The zero-order valence-electron chi connectivity index (χ0n) is 9.07. The molecule has 5 nitrogen and oxygen atoms in total. The van der Waals surface area contributed by atoms with Crippen LogP contribution in [0.25, 0.3) is 0 Å². The van der Waals surface area contributed by atoms with Crippen molar-refractivity contribution in [3.8, 4) is 0 Å². The van der Waals surface area contributed by atoms with Crippen LogP contribution < -0.4 is 61.8 Å². The number of ether oxygens (including phenoxy) is 1. The summed E-state index contributed by atoms with van der Waals surface area (Å²) in [5.41, 5.74) is 0.367. The molecule has 0 fully saturated rings. The van der Waals surface area contributed by atoms with Crippen LogP contribution >= 0.6 is 0 Å². The number of methoxy groups -OCH3 is 1. The van der Waals surface area contributed by atoms with E-state index in [0.717, 1.165) is 6.08 Å². The van der Waals surface area contributed by atoms with E-state index in [1.54, 1.807) is 0 Å². The molecule has 0 aliphatic rings. The number of nitrogens with one attached hydrogen (secondary N) is 1. The molecule has 0 amide bonds. The van der Waals surface area contributed by atoms with E-state index in [9.17, 15) is 14.7 Å². The average Bonchev–Trinajstić information content (AvgIpc) is 2.13. The molecule has 78 valence electrons. The number of rotatable bonds is 5. The predicted molar refractivity (Wildman–Crippen MR) is 47.9 cm³/mol. The normalized spacial score (nSPS) is 12.0. The molecule has 0 rings (SSSR count). The molecule has 0 bridgehead atoms. The van der Waals surface area contributed by atoms with Crippen molar-refractivity contribution in [2.24, 2.45) is 0 Å². The quantitative estimate of drug-likeness (QED) is 0.228. The molecule has 0 saturated heterocycles. The molecule has 15 heavy (non-hydrogen) atoms. The number of aliphatic carboxylic acids is 1. The Morgan fingerprint density at radius 2 is 2.07 bits per heavy atom. The van der Waals surface area contributed by atoms with Gasteiger partial charge in [0.05, 0.1) is 19.1 Å². The van der Waals surface area contributed by atoms with Gasteiger partial charge in [-0.2, -0.15) is 0 Å². The van der Waals surface area contributed by atoms with Gasteiger partial charge in [-0.05, 0) is 6.92 Å². The first-order valence-electron chi connectivity index (χ1n) is 3.87. The van der Waals surface area contributed by atoms with E-state index in [1.807, 2.05) is 0 Å². The van der Waals surface area contributed by atoms with Crippen molar-refractivity contribution in [1.82, 2.24) is 5.32 Å². The van der Waals surface area contributed by atoms with Crippen LogP contribution in [-0.4, -0.2) is 25.1 Å². The van der Waals surface area contributed by atoms with Gasteiger partial charge in [-0.25, -0.2) is 4.79 Å². The Bertz CT molecular complexity index is 275. The second kappa shape index (κ2) is 9.11. The van der Waals surface area contributed by atoms with Crippen molar-refractivity contribution in [1.29, 1.82) is 0 Å². The van der Waals surface area contributed by atoms with Crippen molar-refractivity contribution < 1.29 is 70.8 Å². The molecule has 0 aliphatic carbocycles. The number of carbonyl (C=O) groups is 2. The van der Waals surface area contributed by atoms with Crippen LogP contribution in [0.5, 0.6) is 0 Å². The Hall–Kier alpha value is -0.144. The second-order valence-corrected chi connectivity index (χ2v) is 2.53. The molecule has 1 atom stereocenters. The van der Waals surface area contributed by atoms with Gasteiger partial charge in [-0.3, -0.25) is 0 Å². The summed E-state index contributed by atoms with van der Waals surface area (Å²) in [6, 6.07) is -1.02. The number of carboxylic acid groups (broad SMARTS) is 1. The smallest absolute Gasteiger partial charge is 0.548 e. The maximum absolute atomic E-state index is 10.7. The molecule has 0 radical (unpaired) electrons. The number of esters is 1. The van der Waals surface area contributed by atoms with Gasteiger partial charge in [0.1, 0.15) is 0 Å². The fourth-order valence-electron chi connectivity index (χ4n) is 0.737. The van der Waals surface area contributed by atoms with Gasteiger partial charge in [0.15, 0.2) is 0 Å². The average molecular weight is 237 g/mol. The molecule has 0 unspecified atom stereocenters. The van der Waals surface area contributed by atoms with Gasteiger partial charge in [-0.15, -0.1) is 6.58 Å². The predicted octanol–water partition coefficient (Wildman–Crippen LogP) is -4.04. The Labute approximate surface area is 131 Å². The van der Waals surface area contributed by atoms with Gasteiger partial charge in [0.25, 0.3) is 0 Å². The summed E-state index contributed by atoms with van der Waals surface area (Å²) < 4.78 is 4.35. The second-order valence-electron chi connectivity index (χ2n) is 2.53. The first-order chi connectivity index (χ1) is 6.51. The Kier molecular flexibility index (Phi) is 10.5. The molecule has 0 aromatic carbocycles. The minimum atomic E-state index is -1.31. The van der Waals surface area contributed by atoms with Gasteiger partial charge in [-0.1, -0.05) is 6.08 Å². The van der Waals surface area contributed by atoms with Gasteiger partial charge < -0.3 is 20.0 Å². The summed E-state index contributed by atoms with van der Waals surface area (Å²) >= 11 is 0. The molecule has 0 aromatic heterocycles. The zero-order chi connectivity index (χ0) is 11.1. The van der Waals surface area contributed by atoms with Crippen molar-refractivity contribution in [3.05, 3.63) is 24.4 Å². The van der Waals surface area contributed by atoms with Crippen molar-refractivity contribution in [3.63, 3.8) is 0 Å². The van der Waals surface area contributed by atoms with E-state index >= 15 is 0 Å². The maximum Gasteiger partial charge on any atom is 1.00 e. The van der Waals surface area contributed by atoms with E-state index in [0.29, 0.717) is 5.70 Å². The fourth-order valence-corrected chi connectivity index (χ4v) is 0.737. The first-order valence-corrected chi connectivity index (χ1v) is 3.87. The van der Waals surface area contributed by atoms with E-state index in [2.05, 4.69) is 16.6 Å². The summed E-state index contributed by atoms with van der Waals surface area (Å²) in [7, 11) is 1.23. The number of hydrogen-bond donors (Lipinski definition) is 1. The molecule has 0 saturated carbocycles. The molecular formula is C9H12KNO4. The Balaban J connectivity index is 0. The summed E-state index contributed by atoms with van der Waals surface area (Å²) in [6.07, 6.45) is 2.31. The minimum absolute atomic E-state index is 0. The largest absolute Gasteiger partial charge is 1.00 e. The van der Waals surface area contributed by atoms with Crippen LogP contribution in [0, 0.1) is 0 Å². The molecule has 0 heterocycles. The van der Waals surface area contributed by atoms with Gasteiger partial charge >= 0.3 is 57.4 Å².